The Hall–Kier alpha value is -3.35. The molecule has 0 aromatic rings. The van der Waals surface area contributed by atoms with Gasteiger partial charge < -0.3 is 65.1 Å². The van der Waals surface area contributed by atoms with Gasteiger partial charge in [-0.1, -0.05) is 194 Å². The van der Waals surface area contributed by atoms with Crippen molar-refractivity contribution >= 4 is 5.91 Å². The number of unbranched alkanes of at least 4 members (excludes halogenated alkanes) is 16. The lowest BCUT2D eigenvalue weighted by molar-refractivity contribution is -0.359. The van der Waals surface area contributed by atoms with E-state index < -0.39 is 86.8 Å². The molecular formula is C63H105NO13. The number of amides is 1. The molecule has 440 valence electrons. The average molecular weight is 1080 g/mol. The summed E-state index contributed by atoms with van der Waals surface area (Å²) in [6.07, 6.45) is 49.8. The molecule has 0 aromatic carbocycles. The highest BCUT2D eigenvalue weighted by atomic mass is 16.7. The van der Waals surface area contributed by atoms with Crippen LogP contribution in [0.25, 0.3) is 0 Å². The summed E-state index contributed by atoms with van der Waals surface area (Å²) in [5.74, 6) is -0.264. The van der Waals surface area contributed by atoms with E-state index in [1.165, 1.54) is 64.2 Å². The quantitative estimate of drug-likeness (QED) is 0.0205. The van der Waals surface area contributed by atoms with E-state index in [9.17, 15) is 45.6 Å². The molecule has 1 amide bonds. The Balaban J connectivity index is 1.73. The van der Waals surface area contributed by atoms with Gasteiger partial charge in [0, 0.05) is 6.42 Å². The SMILES string of the molecule is CC/C=C\C/C=C\C/C=C\C/C=C\C/C=C\C/C=C\CCCCCCCCCCCCC(=O)NC(COC1OC(CO)C(OC2OC(CO)C(O)C(O)C2O)C(O)C1O)C(O)/C=C/CC/C=C/CC/C=C/CCCCCC. The smallest absolute Gasteiger partial charge is 0.220 e. The molecule has 12 atom stereocenters. The fourth-order valence-corrected chi connectivity index (χ4v) is 8.91. The van der Waals surface area contributed by atoms with Gasteiger partial charge in [0.15, 0.2) is 12.6 Å². The number of allylic oxidation sites excluding steroid dienone is 17. The minimum Gasteiger partial charge on any atom is -0.394 e. The molecule has 9 N–H and O–H groups in total. The van der Waals surface area contributed by atoms with E-state index in [-0.39, 0.29) is 18.9 Å². The first-order valence-electron chi connectivity index (χ1n) is 29.6. The van der Waals surface area contributed by atoms with Crippen LogP contribution in [0.3, 0.4) is 0 Å². The first-order chi connectivity index (χ1) is 37.6. The van der Waals surface area contributed by atoms with Crippen molar-refractivity contribution in [2.45, 2.75) is 261 Å². The van der Waals surface area contributed by atoms with E-state index in [1.54, 1.807) is 6.08 Å². The van der Waals surface area contributed by atoms with Crippen molar-refractivity contribution < 1.29 is 64.6 Å². The second kappa shape index (κ2) is 47.5. The van der Waals surface area contributed by atoms with Crippen molar-refractivity contribution in [2.24, 2.45) is 0 Å². The summed E-state index contributed by atoms with van der Waals surface area (Å²) in [6, 6.07) is -0.947. The molecule has 14 heteroatoms. The summed E-state index contributed by atoms with van der Waals surface area (Å²) < 4.78 is 22.7. The van der Waals surface area contributed by atoms with Gasteiger partial charge in [0.25, 0.3) is 0 Å². The van der Waals surface area contributed by atoms with Gasteiger partial charge in [-0.15, -0.1) is 0 Å². The van der Waals surface area contributed by atoms with Crippen LogP contribution in [0.15, 0.2) is 109 Å². The molecule has 0 radical (unpaired) electrons. The van der Waals surface area contributed by atoms with Crippen molar-refractivity contribution in [3.63, 3.8) is 0 Å². The Bertz CT molecular complexity index is 1700. The van der Waals surface area contributed by atoms with Crippen molar-refractivity contribution in [3.8, 4) is 0 Å². The first-order valence-corrected chi connectivity index (χ1v) is 29.6. The Kier molecular flexibility index (Phi) is 43.0. The molecule has 0 aromatic heterocycles. The number of aliphatic hydroxyl groups is 8. The zero-order chi connectivity index (χ0) is 56.0. The standard InChI is InChI=1S/C63H105NO13/c1-3-5-7-9-11-13-15-17-19-20-21-22-23-24-25-26-27-28-29-30-31-32-33-35-37-39-41-43-45-47-55(68)64-51(52(67)46-44-42-40-38-36-34-18-16-14-12-10-8-6-4-2)50-74-62-60(73)58(71)61(54(49-66)76-62)77-63-59(72)57(70)56(69)53(48-65)75-63/h5,7,11,13-14,16-17,19,21-22,24-25,27-28,36,38,44,46,51-54,56-63,65-67,69-73H,3-4,6,8-10,12,15,18,20,23,26,29-35,37,39-43,45,47-50H2,1-2H3,(H,64,68)/b7-5-,13-11-,16-14+,19-17-,22-21-,25-24-,28-27-,38-36+,46-44+. The minimum atomic E-state index is -1.80. The molecule has 2 rings (SSSR count). The molecule has 2 saturated heterocycles. The molecule has 2 aliphatic heterocycles. The van der Waals surface area contributed by atoms with Crippen LogP contribution >= 0.6 is 0 Å². The van der Waals surface area contributed by atoms with E-state index in [0.29, 0.717) is 12.8 Å². The Morgan fingerprint density at radius 3 is 1.43 bits per heavy atom. The zero-order valence-corrected chi connectivity index (χ0v) is 47.2. The zero-order valence-electron chi connectivity index (χ0n) is 47.2. The summed E-state index contributed by atoms with van der Waals surface area (Å²) >= 11 is 0. The maximum Gasteiger partial charge on any atom is 0.220 e. The third-order valence-corrected chi connectivity index (χ3v) is 13.7. The minimum absolute atomic E-state index is 0.257. The summed E-state index contributed by atoms with van der Waals surface area (Å²) in [5.41, 5.74) is 0. The Morgan fingerprint density at radius 2 is 0.909 bits per heavy atom. The van der Waals surface area contributed by atoms with Crippen LogP contribution in [0.1, 0.15) is 187 Å². The molecule has 77 heavy (non-hydrogen) atoms. The monoisotopic (exact) mass is 1080 g/mol. The average Bonchev–Trinajstić information content (AvgIpc) is 3.43. The predicted octanol–water partition coefficient (Wildman–Crippen LogP) is 10.1. The lowest BCUT2D eigenvalue weighted by Crippen LogP contribution is -2.65. The number of carbonyl (C=O) groups excluding carboxylic acids is 1. The van der Waals surface area contributed by atoms with Gasteiger partial charge in [0.05, 0.1) is 32.0 Å². The van der Waals surface area contributed by atoms with E-state index >= 15 is 0 Å². The van der Waals surface area contributed by atoms with Crippen molar-refractivity contribution in [1.29, 1.82) is 0 Å². The molecule has 2 fully saturated rings. The third kappa shape index (κ3) is 33.1. The molecule has 0 saturated carbocycles. The number of carbonyl (C=O) groups is 1. The summed E-state index contributed by atoms with van der Waals surface area (Å²) in [5, 5.41) is 87.0. The highest BCUT2D eigenvalue weighted by molar-refractivity contribution is 5.76. The van der Waals surface area contributed by atoms with Crippen LogP contribution in [-0.2, 0) is 23.7 Å². The molecule has 2 aliphatic rings. The Morgan fingerprint density at radius 1 is 0.481 bits per heavy atom. The molecular weight excluding hydrogens is 979 g/mol. The van der Waals surface area contributed by atoms with E-state index in [2.05, 4.69) is 116 Å². The van der Waals surface area contributed by atoms with Crippen LogP contribution in [-0.4, -0.2) is 140 Å². The summed E-state index contributed by atoms with van der Waals surface area (Å²) in [7, 11) is 0. The second-order valence-electron chi connectivity index (χ2n) is 20.4. The number of aliphatic hydroxyl groups excluding tert-OH is 8. The van der Waals surface area contributed by atoms with Gasteiger partial charge >= 0.3 is 0 Å². The summed E-state index contributed by atoms with van der Waals surface area (Å²) in [6.45, 7) is 2.61. The van der Waals surface area contributed by atoms with Crippen LogP contribution in [0.2, 0.25) is 0 Å². The van der Waals surface area contributed by atoms with Gasteiger partial charge in [0.2, 0.25) is 5.91 Å². The van der Waals surface area contributed by atoms with Gasteiger partial charge in [-0.05, 0) is 96.3 Å². The molecule has 0 aliphatic carbocycles. The summed E-state index contributed by atoms with van der Waals surface area (Å²) in [4.78, 5) is 13.2. The van der Waals surface area contributed by atoms with Gasteiger partial charge in [-0.3, -0.25) is 4.79 Å². The largest absolute Gasteiger partial charge is 0.394 e. The van der Waals surface area contributed by atoms with E-state index in [0.717, 1.165) is 89.9 Å². The van der Waals surface area contributed by atoms with Gasteiger partial charge in [0.1, 0.15) is 48.8 Å². The normalized spacial score (nSPS) is 25.5. The maximum absolute atomic E-state index is 13.2. The van der Waals surface area contributed by atoms with Crippen LogP contribution in [0.4, 0.5) is 0 Å². The van der Waals surface area contributed by atoms with Crippen molar-refractivity contribution in [1.82, 2.24) is 5.32 Å². The molecule has 2 heterocycles. The first kappa shape index (κ1) is 69.8. The van der Waals surface area contributed by atoms with Gasteiger partial charge in [-0.2, -0.15) is 0 Å². The van der Waals surface area contributed by atoms with Crippen molar-refractivity contribution in [2.75, 3.05) is 19.8 Å². The fourth-order valence-electron chi connectivity index (χ4n) is 8.91. The lowest BCUT2D eigenvalue weighted by atomic mass is 9.97. The molecule has 14 nitrogen and oxygen atoms in total. The van der Waals surface area contributed by atoms with Crippen molar-refractivity contribution in [3.05, 3.63) is 109 Å². The Labute approximate surface area is 464 Å². The fraction of sp³-hybridized carbons (Fsp3) is 0.698. The number of nitrogens with one attached hydrogen (secondary N) is 1. The lowest BCUT2D eigenvalue weighted by Gasteiger charge is -2.46. The number of hydrogen-bond acceptors (Lipinski definition) is 13. The number of rotatable bonds is 45. The third-order valence-electron chi connectivity index (χ3n) is 13.7. The van der Waals surface area contributed by atoms with E-state index in [4.69, 9.17) is 18.9 Å². The molecule has 0 bridgehead atoms. The maximum atomic E-state index is 13.2. The van der Waals surface area contributed by atoms with Crippen LogP contribution < -0.4 is 5.32 Å². The van der Waals surface area contributed by atoms with Gasteiger partial charge in [-0.25, -0.2) is 0 Å². The second-order valence-corrected chi connectivity index (χ2v) is 20.4. The highest BCUT2D eigenvalue weighted by Gasteiger charge is 2.51. The topological polar surface area (TPSA) is 228 Å². The number of hydrogen-bond donors (Lipinski definition) is 9. The highest BCUT2D eigenvalue weighted by Crippen LogP contribution is 2.30. The van der Waals surface area contributed by atoms with Crippen LogP contribution in [0, 0.1) is 0 Å². The molecule has 0 spiro atoms. The predicted molar refractivity (Wildman–Crippen MR) is 309 cm³/mol. The van der Waals surface area contributed by atoms with Crippen LogP contribution in [0.5, 0.6) is 0 Å². The van der Waals surface area contributed by atoms with E-state index in [1.807, 2.05) is 6.08 Å². The number of ether oxygens (including phenoxy) is 4. The molecule has 12 unspecified atom stereocenters.